The zero-order valence-corrected chi connectivity index (χ0v) is 8.51. The zero-order chi connectivity index (χ0) is 9.97. The van der Waals surface area contributed by atoms with Crippen LogP contribution < -0.4 is 5.32 Å². The van der Waals surface area contributed by atoms with E-state index in [1.165, 1.54) is 0 Å². The first kappa shape index (κ1) is 9.34. The molecular formula is C11H11NOS. The van der Waals surface area contributed by atoms with Crippen molar-refractivity contribution in [1.29, 1.82) is 0 Å². The molecule has 0 unspecified atom stereocenters. The van der Waals surface area contributed by atoms with Crippen molar-refractivity contribution in [3.63, 3.8) is 0 Å². The number of rotatable bonds is 2. The number of hydrogen-bond donors (Lipinski definition) is 1. The van der Waals surface area contributed by atoms with Crippen LogP contribution in [0, 0.1) is 5.92 Å². The highest BCUT2D eigenvalue weighted by molar-refractivity contribution is 7.80. The summed E-state index contributed by atoms with van der Waals surface area (Å²) < 4.78 is 0. The van der Waals surface area contributed by atoms with Gasteiger partial charge in [0.1, 0.15) is 0 Å². The van der Waals surface area contributed by atoms with Crippen LogP contribution >= 0.6 is 12.2 Å². The molecule has 14 heavy (non-hydrogen) atoms. The standard InChI is InChI=1S/C11H11NOS/c13-11(8-4-2-1-3-5-8)9-6-10(14)12-7-9/h1-5,9H,6-7H2,(H,12,14)/t9-/m0/s1. The molecule has 1 aromatic rings. The lowest BCUT2D eigenvalue weighted by Gasteiger charge is -2.05. The monoisotopic (exact) mass is 205 g/mol. The molecule has 2 rings (SSSR count). The molecule has 0 aliphatic carbocycles. The number of nitrogens with one attached hydrogen (secondary N) is 1. The lowest BCUT2D eigenvalue weighted by molar-refractivity contribution is 0.0932. The number of benzene rings is 1. The summed E-state index contributed by atoms with van der Waals surface area (Å²) in [6.07, 6.45) is 0.697. The molecule has 1 heterocycles. The van der Waals surface area contributed by atoms with E-state index in [0.29, 0.717) is 13.0 Å². The van der Waals surface area contributed by atoms with Crippen LogP contribution in [-0.4, -0.2) is 17.3 Å². The molecule has 0 bridgehead atoms. The minimum atomic E-state index is 0.0323. The third-order valence-electron chi connectivity index (χ3n) is 2.41. The smallest absolute Gasteiger partial charge is 0.168 e. The molecule has 1 saturated heterocycles. The van der Waals surface area contributed by atoms with Gasteiger partial charge in [0.15, 0.2) is 5.78 Å². The van der Waals surface area contributed by atoms with Gasteiger partial charge in [0.05, 0.1) is 4.99 Å². The molecule has 1 fully saturated rings. The molecule has 1 N–H and O–H groups in total. The van der Waals surface area contributed by atoms with Gasteiger partial charge in [0.2, 0.25) is 0 Å². The van der Waals surface area contributed by atoms with E-state index < -0.39 is 0 Å². The summed E-state index contributed by atoms with van der Waals surface area (Å²) in [5, 5.41) is 3.03. The van der Waals surface area contributed by atoms with Crippen LogP contribution in [0.5, 0.6) is 0 Å². The first-order valence-corrected chi connectivity index (χ1v) is 5.04. The molecule has 1 aromatic carbocycles. The van der Waals surface area contributed by atoms with E-state index in [1.54, 1.807) is 0 Å². The second kappa shape index (κ2) is 3.88. The SMILES string of the molecule is O=C(c1ccccc1)[C@@H]1CNC(=S)C1. The molecule has 1 aliphatic heterocycles. The Morgan fingerprint density at radius 1 is 1.36 bits per heavy atom. The largest absolute Gasteiger partial charge is 0.379 e. The maximum atomic E-state index is 11.9. The Morgan fingerprint density at radius 2 is 2.07 bits per heavy atom. The number of hydrogen-bond acceptors (Lipinski definition) is 2. The van der Waals surface area contributed by atoms with Gasteiger partial charge in [-0.2, -0.15) is 0 Å². The molecule has 0 radical (unpaired) electrons. The van der Waals surface area contributed by atoms with E-state index >= 15 is 0 Å². The Hall–Kier alpha value is -1.22. The van der Waals surface area contributed by atoms with Crippen molar-refractivity contribution in [1.82, 2.24) is 5.32 Å². The van der Waals surface area contributed by atoms with Crippen molar-refractivity contribution in [2.24, 2.45) is 5.92 Å². The highest BCUT2D eigenvalue weighted by atomic mass is 32.1. The van der Waals surface area contributed by atoms with Gasteiger partial charge in [-0.15, -0.1) is 0 Å². The predicted octanol–water partition coefficient (Wildman–Crippen LogP) is 1.81. The Bertz CT molecular complexity index is 361. The summed E-state index contributed by atoms with van der Waals surface area (Å²) in [6, 6.07) is 9.38. The number of thiocarbonyl (C=S) groups is 1. The van der Waals surface area contributed by atoms with Gasteiger partial charge in [0.25, 0.3) is 0 Å². The molecule has 1 atom stereocenters. The average Bonchev–Trinajstić information content (AvgIpc) is 2.65. The van der Waals surface area contributed by atoms with Gasteiger partial charge in [-0.25, -0.2) is 0 Å². The van der Waals surface area contributed by atoms with E-state index in [4.69, 9.17) is 12.2 Å². The first-order valence-electron chi connectivity index (χ1n) is 4.63. The van der Waals surface area contributed by atoms with Gasteiger partial charge in [-0.3, -0.25) is 4.79 Å². The lowest BCUT2D eigenvalue weighted by atomic mass is 9.97. The van der Waals surface area contributed by atoms with E-state index in [2.05, 4.69) is 5.32 Å². The third kappa shape index (κ3) is 1.82. The maximum Gasteiger partial charge on any atom is 0.168 e. The molecule has 1 aliphatic rings. The number of carbonyl (C=O) groups is 1. The highest BCUT2D eigenvalue weighted by Crippen LogP contribution is 2.16. The normalized spacial score (nSPS) is 20.6. The topological polar surface area (TPSA) is 29.1 Å². The molecule has 0 amide bonds. The van der Waals surface area contributed by atoms with Crippen molar-refractivity contribution in [2.75, 3.05) is 6.54 Å². The van der Waals surface area contributed by atoms with Gasteiger partial charge >= 0.3 is 0 Å². The summed E-state index contributed by atoms with van der Waals surface area (Å²) in [7, 11) is 0. The van der Waals surface area contributed by atoms with Crippen molar-refractivity contribution >= 4 is 23.0 Å². The molecule has 0 aromatic heterocycles. The van der Waals surface area contributed by atoms with Crippen LogP contribution in [0.4, 0.5) is 0 Å². The summed E-state index contributed by atoms with van der Waals surface area (Å²) in [5.41, 5.74) is 0.781. The minimum absolute atomic E-state index is 0.0323. The van der Waals surface area contributed by atoms with Crippen LogP contribution in [0.3, 0.4) is 0 Å². The van der Waals surface area contributed by atoms with Gasteiger partial charge < -0.3 is 5.32 Å². The van der Waals surface area contributed by atoms with Crippen LogP contribution in [0.15, 0.2) is 30.3 Å². The van der Waals surface area contributed by atoms with E-state index in [0.717, 1.165) is 10.6 Å². The number of ketones is 1. The fourth-order valence-electron chi connectivity index (χ4n) is 1.63. The summed E-state index contributed by atoms with van der Waals surface area (Å²) in [4.78, 5) is 12.7. The molecule has 2 nitrogen and oxygen atoms in total. The van der Waals surface area contributed by atoms with E-state index in [-0.39, 0.29) is 11.7 Å². The molecule has 72 valence electrons. The van der Waals surface area contributed by atoms with Gasteiger partial charge in [-0.05, 0) is 0 Å². The van der Waals surface area contributed by atoms with Crippen molar-refractivity contribution < 1.29 is 4.79 Å². The fraction of sp³-hybridized carbons (Fsp3) is 0.273. The van der Waals surface area contributed by atoms with Crippen LogP contribution in [-0.2, 0) is 0 Å². The Balaban J connectivity index is 2.13. The Kier molecular flexibility index (Phi) is 2.59. The fourth-order valence-corrected chi connectivity index (χ4v) is 1.91. The summed E-state index contributed by atoms with van der Waals surface area (Å²) >= 11 is 5.00. The average molecular weight is 205 g/mol. The second-order valence-electron chi connectivity index (χ2n) is 3.44. The molecule has 3 heteroatoms. The third-order valence-corrected chi connectivity index (χ3v) is 2.72. The predicted molar refractivity (Wildman–Crippen MR) is 59.5 cm³/mol. The highest BCUT2D eigenvalue weighted by Gasteiger charge is 2.26. The minimum Gasteiger partial charge on any atom is -0.379 e. The lowest BCUT2D eigenvalue weighted by Crippen LogP contribution is -2.18. The van der Waals surface area contributed by atoms with Crippen molar-refractivity contribution in [2.45, 2.75) is 6.42 Å². The summed E-state index contributed by atoms with van der Waals surface area (Å²) in [5.74, 6) is 0.225. The Labute approximate surface area is 88.3 Å². The Morgan fingerprint density at radius 3 is 2.64 bits per heavy atom. The van der Waals surface area contributed by atoms with Crippen molar-refractivity contribution in [3.8, 4) is 0 Å². The van der Waals surface area contributed by atoms with Crippen molar-refractivity contribution in [3.05, 3.63) is 35.9 Å². The second-order valence-corrected chi connectivity index (χ2v) is 3.93. The van der Waals surface area contributed by atoms with Crippen LogP contribution in [0.2, 0.25) is 0 Å². The quantitative estimate of drug-likeness (QED) is 0.589. The van der Waals surface area contributed by atoms with E-state index in [9.17, 15) is 4.79 Å². The molecule has 0 saturated carbocycles. The number of carbonyl (C=O) groups excluding carboxylic acids is 1. The zero-order valence-electron chi connectivity index (χ0n) is 7.69. The number of Topliss-reactive ketones (excluding diaryl/α,β-unsaturated/α-hetero) is 1. The van der Waals surface area contributed by atoms with Gasteiger partial charge in [-0.1, -0.05) is 42.5 Å². The molecular weight excluding hydrogens is 194 g/mol. The van der Waals surface area contributed by atoms with Crippen LogP contribution in [0.25, 0.3) is 0 Å². The van der Waals surface area contributed by atoms with Gasteiger partial charge in [0, 0.05) is 24.4 Å². The maximum absolute atomic E-state index is 11.9. The molecule has 0 spiro atoms. The van der Waals surface area contributed by atoms with Crippen LogP contribution in [0.1, 0.15) is 16.8 Å². The summed E-state index contributed by atoms with van der Waals surface area (Å²) in [6.45, 7) is 0.687. The van der Waals surface area contributed by atoms with E-state index in [1.807, 2.05) is 30.3 Å². The first-order chi connectivity index (χ1) is 6.77.